The molecule has 3 rings (SSSR count). The van der Waals surface area contributed by atoms with Gasteiger partial charge >= 0.3 is 0 Å². The number of carbonyl (C=O) groups is 1. The summed E-state index contributed by atoms with van der Waals surface area (Å²) in [4.78, 5) is 12.3. The molecule has 2 aliphatic rings. The molecule has 0 aromatic heterocycles. The van der Waals surface area contributed by atoms with Gasteiger partial charge in [-0.05, 0) is 56.2 Å². The predicted molar refractivity (Wildman–Crippen MR) is 122 cm³/mol. The lowest BCUT2D eigenvalue weighted by molar-refractivity contribution is -0.117. The molecule has 0 radical (unpaired) electrons. The number of nitrogens with zero attached hydrogens (tertiary/aromatic N) is 1. The molecule has 5 nitrogen and oxygen atoms in total. The quantitative estimate of drug-likeness (QED) is 0.328. The maximum Gasteiger partial charge on any atom is 0.259 e. The van der Waals surface area contributed by atoms with Crippen molar-refractivity contribution in [2.24, 2.45) is 5.92 Å². The first-order chi connectivity index (χ1) is 14.6. The number of rotatable bonds is 7. The second-order valence-electron chi connectivity index (χ2n) is 10.3. The Hall–Kier alpha value is -2.48. The van der Waals surface area contributed by atoms with E-state index in [1.54, 1.807) is 6.19 Å². The first-order valence-corrected chi connectivity index (χ1v) is 11.6. The van der Waals surface area contributed by atoms with Gasteiger partial charge in [0, 0.05) is 23.0 Å². The van der Waals surface area contributed by atoms with Gasteiger partial charge in [-0.25, -0.2) is 0 Å². The fourth-order valence-electron chi connectivity index (χ4n) is 5.24. The summed E-state index contributed by atoms with van der Waals surface area (Å²) >= 11 is 0. The number of hydrogen-bond acceptors (Lipinski definition) is 4. The Morgan fingerprint density at radius 1 is 1.32 bits per heavy atom. The Morgan fingerprint density at radius 2 is 2.06 bits per heavy atom. The minimum Gasteiger partial charge on any atom is -0.508 e. The second kappa shape index (κ2) is 8.94. The number of fused-ring (bicyclic) bond motifs is 3. The number of amides is 1. The van der Waals surface area contributed by atoms with E-state index in [9.17, 15) is 9.90 Å². The third-order valence-corrected chi connectivity index (χ3v) is 7.20. The van der Waals surface area contributed by atoms with E-state index in [4.69, 9.17) is 10.00 Å². The number of carbonyl (C=O) groups excluding carboxylic acids is 1. The van der Waals surface area contributed by atoms with E-state index < -0.39 is 5.60 Å². The largest absolute Gasteiger partial charge is 0.508 e. The van der Waals surface area contributed by atoms with E-state index in [0.717, 1.165) is 29.7 Å². The standard InChI is InChI=1S/C26H36N2O3/c1-6-7-8-9-12-25(2,3)18-14-21(29)23-19-13-17(24(30)28-16-27)10-11-20(19)26(4,5)31-22(23)15-18/h10,14-15,19-20,29H,6-9,11-13H2,1-5H3,(H,28,30)/t19-,20-/m1/s1. The van der Waals surface area contributed by atoms with Crippen LogP contribution in [-0.2, 0) is 10.2 Å². The second-order valence-corrected chi connectivity index (χ2v) is 10.3. The van der Waals surface area contributed by atoms with Crippen molar-refractivity contribution in [3.05, 3.63) is 34.9 Å². The Labute approximate surface area is 186 Å². The van der Waals surface area contributed by atoms with Gasteiger partial charge in [-0.2, -0.15) is 5.26 Å². The van der Waals surface area contributed by atoms with Gasteiger partial charge in [-0.1, -0.05) is 52.5 Å². The summed E-state index contributed by atoms with van der Waals surface area (Å²) in [5, 5.41) is 22.1. The number of phenols is 1. The molecule has 2 N–H and O–H groups in total. The zero-order valence-corrected chi connectivity index (χ0v) is 19.5. The molecule has 168 valence electrons. The summed E-state index contributed by atoms with van der Waals surface area (Å²) in [6.07, 6.45) is 10.7. The van der Waals surface area contributed by atoms with E-state index in [1.807, 2.05) is 12.1 Å². The fourth-order valence-corrected chi connectivity index (χ4v) is 5.24. The predicted octanol–water partition coefficient (Wildman–Crippen LogP) is 5.83. The van der Waals surface area contributed by atoms with Crippen LogP contribution in [0.25, 0.3) is 0 Å². The number of phenolic OH excluding ortho intramolecular Hbond substituents is 1. The van der Waals surface area contributed by atoms with E-state index in [2.05, 4.69) is 46.0 Å². The van der Waals surface area contributed by atoms with Crippen molar-refractivity contribution in [1.29, 1.82) is 5.26 Å². The maximum absolute atomic E-state index is 12.3. The lowest BCUT2D eigenvalue weighted by Crippen LogP contribution is -2.46. The molecule has 0 unspecified atom stereocenters. The monoisotopic (exact) mass is 424 g/mol. The first-order valence-electron chi connectivity index (χ1n) is 11.6. The van der Waals surface area contributed by atoms with Crippen LogP contribution in [0.1, 0.15) is 96.6 Å². The first kappa shape index (κ1) is 23.2. The van der Waals surface area contributed by atoms with Crippen molar-refractivity contribution in [2.45, 2.75) is 96.5 Å². The van der Waals surface area contributed by atoms with Gasteiger partial charge in [0.2, 0.25) is 0 Å². The van der Waals surface area contributed by atoms with Crippen molar-refractivity contribution < 1.29 is 14.6 Å². The van der Waals surface area contributed by atoms with Crippen molar-refractivity contribution in [2.75, 3.05) is 0 Å². The summed E-state index contributed by atoms with van der Waals surface area (Å²) < 4.78 is 6.45. The summed E-state index contributed by atoms with van der Waals surface area (Å²) in [7, 11) is 0. The van der Waals surface area contributed by atoms with E-state index >= 15 is 0 Å². The highest BCUT2D eigenvalue weighted by atomic mass is 16.5. The SMILES string of the molecule is CCCCCCC(C)(C)c1cc(O)c2c(c1)OC(C)(C)[C@@H]1CC=C(C(=O)NC#N)C[C@@H]21. The van der Waals surface area contributed by atoms with Crippen LogP contribution in [0.5, 0.6) is 11.5 Å². The lowest BCUT2D eigenvalue weighted by Gasteiger charge is -2.47. The van der Waals surface area contributed by atoms with Crippen LogP contribution in [0.3, 0.4) is 0 Å². The normalized spacial score (nSPS) is 21.7. The van der Waals surface area contributed by atoms with Gasteiger partial charge in [0.25, 0.3) is 5.91 Å². The molecule has 1 heterocycles. The Bertz CT molecular complexity index is 908. The van der Waals surface area contributed by atoms with Crippen LogP contribution >= 0.6 is 0 Å². The van der Waals surface area contributed by atoms with Crippen molar-refractivity contribution >= 4 is 5.91 Å². The molecule has 2 atom stereocenters. The molecule has 31 heavy (non-hydrogen) atoms. The highest BCUT2D eigenvalue weighted by molar-refractivity contribution is 5.94. The third-order valence-electron chi connectivity index (χ3n) is 7.20. The number of ether oxygens (including phenoxy) is 1. The summed E-state index contributed by atoms with van der Waals surface area (Å²) in [5.74, 6) is 0.755. The van der Waals surface area contributed by atoms with Crippen LogP contribution in [-0.4, -0.2) is 16.6 Å². The molecule has 1 aromatic rings. The minimum atomic E-state index is -0.415. The molecule has 1 aliphatic carbocycles. The van der Waals surface area contributed by atoms with Gasteiger partial charge < -0.3 is 9.84 Å². The Balaban J connectivity index is 1.94. The van der Waals surface area contributed by atoms with E-state index in [-0.39, 0.29) is 28.9 Å². The maximum atomic E-state index is 12.3. The van der Waals surface area contributed by atoms with Crippen LogP contribution in [0.15, 0.2) is 23.8 Å². The zero-order valence-electron chi connectivity index (χ0n) is 19.5. The van der Waals surface area contributed by atoms with Gasteiger partial charge in [0.15, 0.2) is 6.19 Å². The van der Waals surface area contributed by atoms with Crippen molar-refractivity contribution in [3.8, 4) is 17.7 Å². The fraction of sp³-hybridized carbons (Fsp3) is 0.615. The third kappa shape index (κ3) is 4.74. The number of benzene rings is 1. The molecule has 1 aliphatic heterocycles. The molecular formula is C26H36N2O3. The Morgan fingerprint density at radius 3 is 2.74 bits per heavy atom. The smallest absolute Gasteiger partial charge is 0.259 e. The molecule has 0 bridgehead atoms. The van der Waals surface area contributed by atoms with Crippen LogP contribution < -0.4 is 10.1 Å². The zero-order chi connectivity index (χ0) is 22.8. The molecule has 1 amide bonds. The number of allylic oxidation sites excluding steroid dienone is 1. The van der Waals surface area contributed by atoms with Crippen LogP contribution in [0.2, 0.25) is 0 Å². The van der Waals surface area contributed by atoms with Crippen molar-refractivity contribution in [1.82, 2.24) is 5.32 Å². The van der Waals surface area contributed by atoms with Crippen molar-refractivity contribution in [3.63, 3.8) is 0 Å². The van der Waals surface area contributed by atoms with Gasteiger partial charge in [0.05, 0.1) is 0 Å². The van der Waals surface area contributed by atoms with Gasteiger partial charge in [0.1, 0.15) is 17.1 Å². The van der Waals surface area contributed by atoms with Gasteiger partial charge in [-0.15, -0.1) is 0 Å². The summed E-state index contributed by atoms with van der Waals surface area (Å²) in [6, 6.07) is 3.99. The van der Waals surface area contributed by atoms with E-state index in [1.165, 1.54) is 19.3 Å². The number of aromatic hydroxyl groups is 1. The molecule has 0 saturated carbocycles. The number of hydrogen-bond donors (Lipinski definition) is 2. The molecule has 1 aromatic carbocycles. The topological polar surface area (TPSA) is 82.3 Å². The van der Waals surface area contributed by atoms with Crippen LogP contribution in [0, 0.1) is 17.4 Å². The number of nitrogens with one attached hydrogen (secondary N) is 1. The van der Waals surface area contributed by atoms with Gasteiger partial charge in [-0.3, -0.25) is 10.1 Å². The summed E-state index contributed by atoms with van der Waals surface area (Å²) in [5.41, 5.74) is 2.01. The highest BCUT2D eigenvalue weighted by Gasteiger charge is 2.47. The average molecular weight is 425 g/mol. The number of unbranched alkanes of at least 4 members (excludes halogenated alkanes) is 3. The molecular weight excluding hydrogens is 388 g/mol. The molecule has 0 saturated heterocycles. The van der Waals surface area contributed by atoms with E-state index in [0.29, 0.717) is 18.4 Å². The number of nitriles is 1. The Kier molecular flexibility index (Phi) is 6.69. The average Bonchev–Trinajstić information content (AvgIpc) is 2.70. The minimum absolute atomic E-state index is 0.0232. The highest BCUT2D eigenvalue weighted by Crippen LogP contribution is 2.55. The summed E-state index contributed by atoms with van der Waals surface area (Å²) in [6.45, 7) is 10.8. The molecule has 0 spiro atoms. The lowest BCUT2D eigenvalue weighted by atomic mass is 9.66. The molecule has 0 fully saturated rings. The van der Waals surface area contributed by atoms with Crippen LogP contribution in [0.4, 0.5) is 0 Å². The molecule has 5 heteroatoms.